The number of benzene rings is 1. The molecule has 1 aromatic rings. The minimum atomic E-state index is -4.08. The van der Waals surface area contributed by atoms with Crippen LogP contribution in [0.5, 0.6) is 0 Å². The van der Waals surface area contributed by atoms with Gasteiger partial charge in [-0.2, -0.15) is 0 Å². The quantitative estimate of drug-likeness (QED) is 0.430. The maximum atomic E-state index is 13.7. The summed E-state index contributed by atoms with van der Waals surface area (Å²) < 4.78 is 62.8. The van der Waals surface area contributed by atoms with E-state index in [9.17, 15) is 21.2 Å². The molecule has 1 unspecified atom stereocenters. The van der Waals surface area contributed by atoms with Gasteiger partial charge in [0.1, 0.15) is 10.7 Å². The Bertz CT molecular complexity index is 702. The molecule has 9 heteroatoms. The Hall–Kier alpha value is -0.510. The van der Waals surface area contributed by atoms with Gasteiger partial charge in [0.15, 0.2) is 9.84 Å². The molecule has 1 N–H and O–H groups in total. The fraction of sp³-hybridized carbons (Fsp3) is 0.500. The van der Waals surface area contributed by atoms with E-state index in [1.807, 2.05) is 6.92 Å². The summed E-state index contributed by atoms with van der Waals surface area (Å²) in [6, 6.07) is 2.71. The van der Waals surface area contributed by atoms with Crippen LogP contribution in [-0.2, 0) is 19.9 Å². The van der Waals surface area contributed by atoms with E-state index in [0.29, 0.717) is 6.42 Å². The second-order valence-electron chi connectivity index (χ2n) is 4.69. The molecule has 1 aromatic carbocycles. The summed E-state index contributed by atoms with van der Waals surface area (Å²) in [4.78, 5) is -0.636. The van der Waals surface area contributed by atoms with Crippen molar-refractivity contribution in [3.05, 3.63) is 24.0 Å². The number of halogens is 2. The van der Waals surface area contributed by atoms with Gasteiger partial charge >= 0.3 is 0 Å². The van der Waals surface area contributed by atoms with Gasteiger partial charge in [-0.3, -0.25) is 0 Å². The fourth-order valence-corrected chi connectivity index (χ4v) is 3.81. The van der Waals surface area contributed by atoms with Crippen LogP contribution in [0.2, 0.25) is 0 Å². The summed E-state index contributed by atoms with van der Waals surface area (Å²) in [6.45, 7) is 2.09. The van der Waals surface area contributed by atoms with Crippen molar-refractivity contribution < 1.29 is 21.2 Å². The van der Waals surface area contributed by atoms with Crippen LogP contribution in [0.1, 0.15) is 19.8 Å². The second-order valence-corrected chi connectivity index (χ2v) is 10.00. The Morgan fingerprint density at radius 1 is 1.29 bits per heavy atom. The highest BCUT2D eigenvalue weighted by molar-refractivity contribution is 9.09. The van der Waals surface area contributed by atoms with E-state index in [1.165, 1.54) is 0 Å². The largest absolute Gasteiger partial charge is 0.243 e. The molecule has 0 saturated carbocycles. The van der Waals surface area contributed by atoms with Gasteiger partial charge in [-0.1, -0.05) is 22.9 Å². The number of alkyl halides is 1. The van der Waals surface area contributed by atoms with Gasteiger partial charge in [0, 0.05) is 17.6 Å². The lowest BCUT2D eigenvalue weighted by Crippen LogP contribution is -2.26. The first-order valence-corrected chi connectivity index (χ1v) is 10.5. The number of sulfonamides is 1. The number of rotatable bonds is 7. The van der Waals surface area contributed by atoms with Gasteiger partial charge in [0.25, 0.3) is 0 Å². The zero-order valence-electron chi connectivity index (χ0n) is 11.6. The summed E-state index contributed by atoms with van der Waals surface area (Å²) in [5.41, 5.74) is 0. The predicted octanol–water partition coefficient (Wildman–Crippen LogP) is 2.07. The average Bonchev–Trinajstić information content (AvgIpc) is 2.33. The molecule has 1 atom stereocenters. The predicted molar refractivity (Wildman–Crippen MR) is 82.3 cm³/mol. The zero-order chi connectivity index (χ0) is 16.3. The van der Waals surface area contributed by atoms with Crippen LogP contribution in [0.15, 0.2) is 28.0 Å². The van der Waals surface area contributed by atoms with E-state index >= 15 is 0 Å². The molecule has 120 valence electrons. The molecule has 0 aromatic heterocycles. The first kappa shape index (κ1) is 18.5. The molecule has 21 heavy (non-hydrogen) atoms. The molecule has 1 rings (SSSR count). The molecule has 0 bridgehead atoms. The Morgan fingerprint density at radius 3 is 2.43 bits per heavy atom. The van der Waals surface area contributed by atoms with Crippen molar-refractivity contribution in [1.29, 1.82) is 0 Å². The standard InChI is InChI=1S/C12H17BrFNO4S2/c1-9(13)4-3-7-15-21(18,19)12-8-10(20(2,16)17)5-6-11(12)14/h5-6,8-9,15H,3-4,7H2,1-2H3. The van der Waals surface area contributed by atoms with Gasteiger partial charge in [0.2, 0.25) is 10.0 Å². The molecular weight excluding hydrogens is 385 g/mol. The van der Waals surface area contributed by atoms with Crippen LogP contribution in [-0.4, -0.2) is 34.5 Å². The van der Waals surface area contributed by atoms with Crippen LogP contribution >= 0.6 is 15.9 Å². The van der Waals surface area contributed by atoms with Crippen molar-refractivity contribution in [2.45, 2.75) is 34.4 Å². The molecule has 0 aliphatic rings. The SMILES string of the molecule is CC(Br)CCCNS(=O)(=O)c1cc(S(C)(=O)=O)ccc1F. The molecule has 0 saturated heterocycles. The molecule has 0 heterocycles. The summed E-state index contributed by atoms with van der Waals surface area (Å²) in [7, 11) is -7.68. The molecule has 0 amide bonds. The van der Waals surface area contributed by atoms with Crippen molar-refractivity contribution in [3.63, 3.8) is 0 Å². The highest BCUT2D eigenvalue weighted by Gasteiger charge is 2.21. The lowest BCUT2D eigenvalue weighted by molar-refractivity contribution is 0.552. The van der Waals surface area contributed by atoms with Crippen LogP contribution in [0.4, 0.5) is 4.39 Å². The Balaban J connectivity index is 2.98. The molecule has 0 aliphatic carbocycles. The Labute approximate surface area is 133 Å². The van der Waals surface area contributed by atoms with Crippen molar-refractivity contribution in [3.8, 4) is 0 Å². The van der Waals surface area contributed by atoms with E-state index in [4.69, 9.17) is 0 Å². The highest BCUT2D eigenvalue weighted by Crippen LogP contribution is 2.19. The summed E-state index contributed by atoms with van der Waals surface area (Å²) in [6.07, 6.45) is 2.27. The van der Waals surface area contributed by atoms with Crippen molar-refractivity contribution in [2.75, 3.05) is 12.8 Å². The Morgan fingerprint density at radius 2 is 1.90 bits per heavy atom. The number of sulfone groups is 1. The van der Waals surface area contributed by atoms with Gasteiger partial charge in [-0.25, -0.2) is 25.9 Å². The smallest absolute Gasteiger partial charge is 0.224 e. The third kappa shape index (κ3) is 5.65. The average molecular weight is 402 g/mol. The molecular formula is C12H17BrFNO4S2. The van der Waals surface area contributed by atoms with Crippen LogP contribution in [0.3, 0.4) is 0 Å². The number of nitrogens with one attached hydrogen (secondary N) is 1. The lowest BCUT2D eigenvalue weighted by atomic mass is 10.2. The van der Waals surface area contributed by atoms with E-state index in [0.717, 1.165) is 30.9 Å². The molecule has 0 radical (unpaired) electrons. The fourth-order valence-electron chi connectivity index (χ4n) is 1.59. The first-order valence-electron chi connectivity index (χ1n) is 6.17. The highest BCUT2D eigenvalue weighted by atomic mass is 79.9. The minimum Gasteiger partial charge on any atom is -0.224 e. The second kappa shape index (κ2) is 7.17. The van der Waals surface area contributed by atoms with Gasteiger partial charge in [-0.05, 0) is 31.0 Å². The van der Waals surface area contributed by atoms with Crippen LogP contribution < -0.4 is 4.72 Å². The summed E-state index contributed by atoms with van der Waals surface area (Å²) in [5, 5.41) is 0. The Kier molecular flexibility index (Phi) is 6.33. The topological polar surface area (TPSA) is 80.3 Å². The van der Waals surface area contributed by atoms with E-state index in [-0.39, 0.29) is 16.3 Å². The van der Waals surface area contributed by atoms with Crippen LogP contribution in [0, 0.1) is 5.82 Å². The zero-order valence-corrected chi connectivity index (χ0v) is 14.9. The third-order valence-electron chi connectivity index (χ3n) is 2.69. The van der Waals surface area contributed by atoms with E-state index < -0.39 is 30.6 Å². The number of hydrogen-bond acceptors (Lipinski definition) is 4. The van der Waals surface area contributed by atoms with E-state index in [2.05, 4.69) is 20.7 Å². The molecule has 0 spiro atoms. The first-order chi connectivity index (χ1) is 9.54. The minimum absolute atomic E-state index is 0.154. The van der Waals surface area contributed by atoms with Crippen molar-refractivity contribution in [2.24, 2.45) is 0 Å². The maximum Gasteiger partial charge on any atom is 0.243 e. The molecule has 5 nitrogen and oxygen atoms in total. The van der Waals surface area contributed by atoms with Gasteiger partial charge in [-0.15, -0.1) is 0 Å². The van der Waals surface area contributed by atoms with Gasteiger partial charge < -0.3 is 0 Å². The summed E-state index contributed by atoms with van der Waals surface area (Å²) >= 11 is 3.34. The lowest BCUT2D eigenvalue weighted by Gasteiger charge is -2.09. The van der Waals surface area contributed by atoms with Crippen LogP contribution in [0.25, 0.3) is 0 Å². The molecule has 0 fully saturated rings. The monoisotopic (exact) mass is 401 g/mol. The summed E-state index contributed by atoms with van der Waals surface area (Å²) in [5.74, 6) is -0.983. The number of hydrogen-bond donors (Lipinski definition) is 1. The van der Waals surface area contributed by atoms with Gasteiger partial charge in [0.05, 0.1) is 4.90 Å². The van der Waals surface area contributed by atoms with Crippen molar-refractivity contribution in [1.82, 2.24) is 4.72 Å². The van der Waals surface area contributed by atoms with E-state index in [1.54, 1.807) is 0 Å². The maximum absolute atomic E-state index is 13.7. The van der Waals surface area contributed by atoms with Crippen molar-refractivity contribution >= 4 is 35.8 Å². The normalized spacial score (nSPS) is 14.1. The third-order valence-corrected chi connectivity index (χ3v) is 5.74. The molecule has 0 aliphatic heterocycles.